The molecule has 5 nitrogen and oxygen atoms in total. The van der Waals surface area contributed by atoms with Crippen molar-refractivity contribution in [2.24, 2.45) is 5.73 Å². The molecule has 0 aromatic carbocycles. The van der Waals surface area contributed by atoms with Crippen LogP contribution in [0.1, 0.15) is 12.8 Å². The van der Waals surface area contributed by atoms with Gasteiger partial charge < -0.3 is 10.2 Å². The Hall–Kier alpha value is -0.850. The van der Waals surface area contributed by atoms with E-state index in [1.807, 2.05) is 0 Å². The average Bonchev–Trinajstić information content (AvgIpc) is 2.71. The summed E-state index contributed by atoms with van der Waals surface area (Å²) in [5.41, 5.74) is 5.71. The lowest BCUT2D eigenvalue weighted by atomic mass is 10.1. The molecule has 1 aromatic rings. The largest absolute Gasteiger partial charge is 0.452 e. The summed E-state index contributed by atoms with van der Waals surface area (Å²) in [5, 5.41) is 0.0120. The molecule has 1 aliphatic heterocycles. The molecular weight excluding hydrogens is 216 g/mol. The number of sulfonamides is 1. The third-order valence-corrected chi connectivity index (χ3v) is 4.37. The monoisotopic (exact) mass is 230 g/mol. The first-order valence-corrected chi connectivity index (χ1v) is 6.34. The first-order valence-electron chi connectivity index (χ1n) is 4.90. The minimum Gasteiger partial charge on any atom is -0.452 e. The van der Waals surface area contributed by atoms with Crippen LogP contribution in [0.2, 0.25) is 0 Å². The zero-order chi connectivity index (χ0) is 10.9. The van der Waals surface area contributed by atoms with Gasteiger partial charge in [0.2, 0.25) is 5.09 Å². The molecule has 0 bridgehead atoms. The van der Waals surface area contributed by atoms with Crippen molar-refractivity contribution in [2.45, 2.75) is 24.0 Å². The van der Waals surface area contributed by atoms with E-state index in [4.69, 9.17) is 10.2 Å². The summed E-state index contributed by atoms with van der Waals surface area (Å²) in [4.78, 5) is 0. The van der Waals surface area contributed by atoms with Gasteiger partial charge in [-0.25, -0.2) is 8.42 Å². The van der Waals surface area contributed by atoms with E-state index in [9.17, 15) is 8.42 Å². The maximum atomic E-state index is 11.9. The molecule has 2 heterocycles. The highest BCUT2D eigenvalue weighted by Gasteiger charge is 2.29. The predicted molar refractivity (Wildman–Crippen MR) is 54.7 cm³/mol. The van der Waals surface area contributed by atoms with Gasteiger partial charge in [-0.3, -0.25) is 0 Å². The second-order valence-electron chi connectivity index (χ2n) is 3.67. The van der Waals surface area contributed by atoms with Crippen molar-refractivity contribution in [2.75, 3.05) is 13.1 Å². The van der Waals surface area contributed by atoms with Crippen molar-refractivity contribution in [1.29, 1.82) is 0 Å². The Kier molecular flexibility index (Phi) is 2.81. The Labute approximate surface area is 88.9 Å². The standard InChI is InChI=1S/C9H14N2O3S/c10-8-3-5-11(6-4-8)15(12,13)9-2-1-7-14-9/h1-2,7-8H,3-6,10H2. The van der Waals surface area contributed by atoms with Crippen molar-refractivity contribution in [3.8, 4) is 0 Å². The van der Waals surface area contributed by atoms with E-state index in [0.29, 0.717) is 25.9 Å². The summed E-state index contributed by atoms with van der Waals surface area (Å²) in [5.74, 6) is 0. The highest BCUT2D eigenvalue weighted by atomic mass is 32.2. The third-order valence-electron chi connectivity index (χ3n) is 2.59. The summed E-state index contributed by atoms with van der Waals surface area (Å²) in [6, 6.07) is 3.15. The second-order valence-corrected chi connectivity index (χ2v) is 5.54. The van der Waals surface area contributed by atoms with Gasteiger partial charge in [0.25, 0.3) is 10.0 Å². The zero-order valence-electron chi connectivity index (χ0n) is 8.30. The summed E-state index contributed by atoms with van der Waals surface area (Å²) in [6.45, 7) is 0.953. The average molecular weight is 230 g/mol. The van der Waals surface area contributed by atoms with Gasteiger partial charge in [0.1, 0.15) is 0 Å². The predicted octanol–water partition coefficient (Wildman–Crippen LogP) is 0.391. The summed E-state index contributed by atoms with van der Waals surface area (Å²) in [7, 11) is -3.43. The Balaban J connectivity index is 2.17. The number of hydrogen-bond acceptors (Lipinski definition) is 4. The van der Waals surface area contributed by atoms with Crippen LogP contribution in [0.4, 0.5) is 0 Å². The topological polar surface area (TPSA) is 76.5 Å². The molecule has 84 valence electrons. The summed E-state index contributed by atoms with van der Waals surface area (Å²) >= 11 is 0. The Morgan fingerprint density at radius 2 is 2.07 bits per heavy atom. The lowest BCUT2D eigenvalue weighted by Gasteiger charge is -2.28. The van der Waals surface area contributed by atoms with Crippen molar-refractivity contribution >= 4 is 10.0 Å². The van der Waals surface area contributed by atoms with E-state index in [1.54, 1.807) is 6.07 Å². The fourth-order valence-electron chi connectivity index (χ4n) is 1.65. The van der Waals surface area contributed by atoms with Gasteiger partial charge >= 0.3 is 0 Å². The summed E-state index contributed by atoms with van der Waals surface area (Å²) < 4.78 is 30.2. The quantitative estimate of drug-likeness (QED) is 0.797. The van der Waals surface area contributed by atoms with Crippen molar-refractivity contribution < 1.29 is 12.8 Å². The minimum atomic E-state index is -3.43. The Morgan fingerprint density at radius 1 is 1.40 bits per heavy atom. The fraction of sp³-hybridized carbons (Fsp3) is 0.556. The molecular formula is C9H14N2O3S. The van der Waals surface area contributed by atoms with Crippen LogP contribution >= 0.6 is 0 Å². The maximum absolute atomic E-state index is 11.9. The smallest absolute Gasteiger partial charge is 0.276 e. The molecule has 0 unspecified atom stereocenters. The molecule has 0 radical (unpaired) electrons. The Morgan fingerprint density at radius 3 is 2.60 bits per heavy atom. The number of hydrogen-bond donors (Lipinski definition) is 1. The first kappa shape index (κ1) is 10.7. The molecule has 6 heteroatoms. The highest BCUT2D eigenvalue weighted by molar-refractivity contribution is 7.89. The van der Waals surface area contributed by atoms with E-state index in [0.717, 1.165) is 0 Å². The number of rotatable bonds is 2. The maximum Gasteiger partial charge on any atom is 0.276 e. The van der Waals surface area contributed by atoms with Crippen molar-refractivity contribution in [1.82, 2.24) is 4.31 Å². The molecule has 1 aromatic heterocycles. The first-order chi connectivity index (χ1) is 7.10. The molecule has 1 aliphatic rings. The van der Waals surface area contributed by atoms with Gasteiger partial charge in [0, 0.05) is 19.1 Å². The summed E-state index contributed by atoms with van der Waals surface area (Å²) in [6.07, 6.45) is 2.78. The van der Waals surface area contributed by atoms with E-state index in [1.165, 1.54) is 16.6 Å². The molecule has 0 amide bonds. The molecule has 0 spiro atoms. The lowest BCUT2D eigenvalue weighted by Crippen LogP contribution is -2.42. The molecule has 1 fully saturated rings. The van der Waals surface area contributed by atoms with Crippen LogP contribution < -0.4 is 5.73 Å². The normalized spacial score (nSPS) is 20.6. The van der Waals surface area contributed by atoms with E-state index >= 15 is 0 Å². The Bertz CT molecular complexity index is 405. The molecule has 0 saturated carbocycles. The fourth-order valence-corrected chi connectivity index (χ4v) is 3.03. The van der Waals surface area contributed by atoms with Crippen LogP contribution in [0.3, 0.4) is 0 Å². The molecule has 2 N–H and O–H groups in total. The number of nitrogens with two attached hydrogens (primary N) is 1. The molecule has 0 atom stereocenters. The number of piperidine rings is 1. The van der Waals surface area contributed by atoms with Gasteiger partial charge in [-0.2, -0.15) is 4.31 Å². The molecule has 2 rings (SSSR count). The van der Waals surface area contributed by atoms with Crippen LogP contribution in [-0.4, -0.2) is 31.9 Å². The lowest BCUT2D eigenvalue weighted by molar-refractivity contribution is 0.310. The minimum absolute atomic E-state index is 0.0120. The highest BCUT2D eigenvalue weighted by Crippen LogP contribution is 2.20. The van der Waals surface area contributed by atoms with Gasteiger partial charge in [0.05, 0.1) is 6.26 Å². The van der Waals surface area contributed by atoms with Crippen LogP contribution in [0.25, 0.3) is 0 Å². The van der Waals surface area contributed by atoms with Crippen LogP contribution in [0.15, 0.2) is 27.9 Å². The van der Waals surface area contributed by atoms with E-state index in [-0.39, 0.29) is 11.1 Å². The molecule has 1 saturated heterocycles. The number of nitrogens with zero attached hydrogens (tertiary/aromatic N) is 1. The van der Waals surface area contributed by atoms with Gasteiger partial charge in [-0.15, -0.1) is 0 Å². The van der Waals surface area contributed by atoms with Gasteiger partial charge in [-0.1, -0.05) is 0 Å². The second kappa shape index (κ2) is 3.96. The number of furan rings is 1. The van der Waals surface area contributed by atoms with Crippen molar-refractivity contribution in [3.63, 3.8) is 0 Å². The molecule has 15 heavy (non-hydrogen) atoms. The van der Waals surface area contributed by atoms with Crippen LogP contribution in [0, 0.1) is 0 Å². The molecule has 0 aliphatic carbocycles. The van der Waals surface area contributed by atoms with Crippen LogP contribution in [0.5, 0.6) is 0 Å². The van der Waals surface area contributed by atoms with E-state index in [2.05, 4.69) is 0 Å². The van der Waals surface area contributed by atoms with Crippen LogP contribution in [-0.2, 0) is 10.0 Å². The zero-order valence-corrected chi connectivity index (χ0v) is 9.11. The van der Waals surface area contributed by atoms with Crippen molar-refractivity contribution in [3.05, 3.63) is 18.4 Å². The van der Waals surface area contributed by atoms with Gasteiger partial charge in [0.15, 0.2) is 0 Å². The van der Waals surface area contributed by atoms with E-state index < -0.39 is 10.0 Å². The SMILES string of the molecule is NC1CCN(S(=O)(=O)c2ccco2)CC1. The third kappa shape index (κ3) is 2.06. The van der Waals surface area contributed by atoms with Gasteiger partial charge in [-0.05, 0) is 25.0 Å².